The molecule has 0 aromatic rings. The molecule has 0 radical (unpaired) electrons. The number of amides is 1. The van der Waals surface area contributed by atoms with Crippen LogP contribution in [0.15, 0.2) is 0 Å². The third-order valence-electron chi connectivity index (χ3n) is 2.52. The lowest BCUT2D eigenvalue weighted by Gasteiger charge is -2.32. The fourth-order valence-electron chi connectivity index (χ4n) is 1.81. The van der Waals surface area contributed by atoms with Gasteiger partial charge < -0.3 is 16.2 Å². The van der Waals surface area contributed by atoms with Crippen LogP contribution in [0, 0.1) is 5.92 Å². The molecule has 0 heterocycles. The second kappa shape index (κ2) is 3.76. The minimum Gasteiger partial charge on any atom is -0.465 e. The summed E-state index contributed by atoms with van der Waals surface area (Å²) in [5, 5.41) is 11.0. The Labute approximate surface area is 72.1 Å². The van der Waals surface area contributed by atoms with Crippen molar-refractivity contribution in [3.63, 3.8) is 0 Å². The molecular weight excluding hydrogens is 156 g/mol. The zero-order valence-corrected chi connectivity index (χ0v) is 7.29. The van der Waals surface area contributed by atoms with Crippen LogP contribution in [0.25, 0.3) is 0 Å². The molecule has 1 rings (SSSR count). The highest BCUT2D eigenvalue weighted by Gasteiger charge is 2.26. The highest BCUT2D eigenvalue weighted by molar-refractivity contribution is 5.64. The van der Waals surface area contributed by atoms with Gasteiger partial charge in [0.05, 0.1) is 0 Å². The predicted molar refractivity (Wildman–Crippen MR) is 45.9 cm³/mol. The standard InChI is InChI=1S/C8H16N2O2/c1-5-4-6(9)2-3-7(5)10-8(11)12/h5-7,10H,2-4,9H2,1H3,(H,11,12)/t5-,6+,7+/m0/s1. The fraction of sp³-hybridized carbons (Fsp3) is 0.875. The summed E-state index contributed by atoms with van der Waals surface area (Å²) >= 11 is 0. The first-order valence-electron chi connectivity index (χ1n) is 4.34. The van der Waals surface area contributed by atoms with E-state index in [2.05, 4.69) is 5.32 Å². The van der Waals surface area contributed by atoms with Crippen LogP contribution >= 0.6 is 0 Å². The molecule has 3 atom stereocenters. The molecule has 70 valence electrons. The Morgan fingerprint density at radius 2 is 2.25 bits per heavy atom. The van der Waals surface area contributed by atoms with Gasteiger partial charge in [-0.3, -0.25) is 0 Å². The minimum absolute atomic E-state index is 0.0994. The Kier molecular flexibility index (Phi) is 2.92. The Hall–Kier alpha value is -0.770. The number of hydrogen-bond donors (Lipinski definition) is 3. The lowest BCUT2D eigenvalue weighted by Crippen LogP contribution is -2.45. The summed E-state index contributed by atoms with van der Waals surface area (Å²) in [6, 6.07) is 0.356. The van der Waals surface area contributed by atoms with Crippen molar-refractivity contribution in [3.05, 3.63) is 0 Å². The van der Waals surface area contributed by atoms with Gasteiger partial charge in [-0.2, -0.15) is 0 Å². The molecule has 4 N–H and O–H groups in total. The average Bonchev–Trinajstić information content (AvgIpc) is 1.94. The molecule has 0 aromatic heterocycles. The van der Waals surface area contributed by atoms with Crippen molar-refractivity contribution in [2.45, 2.75) is 38.3 Å². The van der Waals surface area contributed by atoms with E-state index < -0.39 is 6.09 Å². The van der Waals surface area contributed by atoms with Gasteiger partial charge in [-0.15, -0.1) is 0 Å². The summed E-state index contributed by atoms with van der Waals surface area (Å²) in [6.07, 6.45) is 1.79. The first kappa shape index (κ1) is 9.32. The van der Waals surface area contributed by atoms with Crippen molar-refractivity contribution >= 4 is 6.09 Å². The van der Waals surface area contributed by atoms with Crippen molar-refractivity contribution in [3.8, 4) is 0 Å². The molecule has 1 fully saturated rings. The molecule has 1 saturated carbocycles. The monoisotopic (exact) mass is 172 g/mol. The summed E-state index contributed by atoms with van der Waals surface area (Å²) in [5.41, 5.74) is 5.74. The van der Waals surface area contributed by atoms with E-state index >= 15 is 0 Å². The van der Waals surface area contributed by atoms with E-state index in [1.54, 1.807) is 0 Å². The minimum atomic E-state index is -0.928. The molecule has 4 heteroatoms. The van der Waals surface area contributed by atoms with Gasteiger partial charge in [-0.1, -0.05) is 6.92 Å². The molecule has 0 aliphatic heterocycles. The first-order valence-corrected chi connectivity index (χ1v) is 4.34. The Balaban J connectivity index is 2.39. The van der Waals surface area contributed by atoms with E-state index in [1.165, 1.54) is 0 Å². The number of rotatable bonds is 1. The highest BCUT2D eigenvalue weighted by atomic mass is 16.4. The Morgan fingerprint density at radius 1 is 1.58 bits per heavy atom. The molecule has 4 nitrogen and oxygen atoms in total. The third kappa shape index (κ3) is 2.37. The van der Waals surface area contributed by atoms with Crippen LogP contribution < -0.4 is 11.1 Å². The van der Waals surface area contributed by atoms with Gasteiger partial charge in [0.25, 0.3) is 0 Å². The Morgan fingerprint density at radius 3 is 2.75 bits per heavy atom. The van der Waals surface area contributed by atoms with Crippen molar-refractivity contribution < 1.29 is 9.90 Å². The molecule has 0 unspecified atom stereocenters. The zero-order valence-electron chi connectivity index (χ0n) is 7.29. The van der Waals surface area contributed by atoms with E-state index in [9.17, 15) is 4.79 Å². The molecule has 0 aromatic carbocycles. The summed E-state index contributed by atoms with van der Waals surface area (Å²) in [7, 11) is 0. The van der Waals surface area contributed by atoms with Crippen LogP contribution in [0.3, 0.4) is 0 Å². The molecule has 1 aliphatic rings. The van der Waals surface area contributed by atoms with Gasteiger partial charge in [0.2, 0.25) is 0 Å². The molecule has 0 spiro atoms. The highest BCUT2D eigenvalue weighted by Crippen LogP contribution is 2.22. The summed E-state index contributed by atoms with van der Waals surface area (Å²) in [5.74, 6) is 0.366. The first-order chi connectivity index (χ1) is 5.59. The molecular formula is C8H16N2O2. The fourth-order valence-corrected chi connectivity index (χ4v) is 1.81. The average molecular weight is 172 g/mol. The normalized spacial score (nSPS) is 36.0. The number of nitrogens with two attached hydrogens (primary N) is 1. The maximum absolute atomic E-state index is 10.4. The lowest BCUT2D eigenvalue weighted by atomic mass is 9.83. The van der Waals surface area contributed by atoms with E-state index in [0.29, 0.717) is 5.92 Å². The second-order valence-corrected chi connectivity index (χ2v) is 3.61. The van der Waals surface area contributed by atoms with Crippen molar-refractivity contribution in [1.29, 1.82) is 0 Å². The number of carbonyl (C=O) groups is 1. The van der Waals surface area contributed by atoms with Crippen LogP contribution in [0.2, 0.25) is 0 Å². The van der Waals surface area contributed by atoms with Gasteiger partial charge in [-0.05, 0) is 25.2 Å². The van der Waals surface area contributed by atoms with Crippen LogP contribution in [-0.4, -0.2) is 23.3 Å². The van der Waals surface area contributed by atoms with Crippen molar-refractivity contribution in [1.82, 2.24) is 5.32 Å². The topological polar surface area (TPSA) is 75.3 Å². The zero-order chi connectivity index (χ0) is 9.14. The molecule has 12 heavy (non-hydrogen) atoms. The quantitative estimate of drug-likeness (QED) is 0.547. The van der Waals surface area contributed by atoms with Gasteiger partial charge >= 0.3 is 6.09 Å². The number of nitrogens with one attached hydrogen (secondary N) is 1. The number of carboxylic acid groups (broad SMARTS) is 1. The van der Waals surface area contributed by atoms with E-state index in [4.69, 9.17) is 10.8 Å². The van der Waals surface area contributed by atoms with Gasteiger partial charge in [0, 0.05) is 12.1 Å². The number of hydrogen-bond acceptors (Lipinski definition) is 2. The van der Waals surface area contributed by atoms with Gasteiger partial charge in [0.1, 0.15) is 0 Å². The van der Waals surface area contributed by atoms with Crippen LogP contribution in [-0.2, 0) is 0 Å². The van der Waals surface area contributed by atoms with Crippen LogP contribution in [0.1, 0.15) is 26.2 Å². The summed E-state index contributed by atoms with van der Waals surface area (Å²) < 4.78 is 0. The molecule has 0 saturated heterocycles. The van der Waals surface area contributed by atoms with Gasteiger partial charge in [0.15, 0.2) is 0 Å². The van der Waals surface area contributed by atoms with Gasteiger partial charge in [-0.25, -0.2) is 4.79 Å². The SMILES string of the molecule is C[C@H]1C[C@H](N)CC[C@H]1NC(=O)O. The van der Waals surface area contributed by atoms with E-state index in [1.807, 2.05) is 6.92 Å². The lowest BCUT2D eigenvalue weighted by molar-refractivity contribution is 0.175. The van der Waals surface area contributed by atoms with Crippen LogP contribution in [0.5, 0.6) is 0 Å². The van der Waals surface area contributed by atoms with E-state index in [0.717, 1.165) is 19.3 Å². The smallest absolute Gasteiger partial charge is 0.404 e. The largest absolute Gasteiger partial charge is 0.465 e. The maximum atomic E-state index is 10.4. The summed E-state index contributed by atoms with van der Waals surface area (Å²) in [6.45, 7) is 2.04. The second-order valence-electron chi connectivity index (χ2n) is 3.61. The third-order valence-corrected chi connectivity index (χ3v) is 2.52. The Bertz CT molecular complexity index is 172. The van der Waals surface area contributed by atoms with Crippen molar-refractivity contribution in [2.24, 2.45) is 11.7 Å². The van der Waals surface area contributed by atoms with Crippen molar-refractivity contribution in [2.75, 3.05) is 0 Å². The van der Waals surface area contributed by atoms with Crippen LogP contribution in [0.4, 0.5) is 4.79 Å². The predicted octanol–water partition coefficient (Wildman–Crippen LogP) is 0.770. The molecule has 1 amide bonds. The maximum Gasteiger partial charge on any atom is 0.404 e. The summed E-state index contributed by atoms with van der Waals surface area (Å²) in [4.78, 5) is 10.4. The van der Waals surface area contributed by atoms with E-state index in [-0.39, 0.29) is 12.1 Å². The molecule has 1 aliphatic carbocycles. The molecule has 0 bridgehead atoms.